The fourth-order valence-corrected chi connectivity index (χ4v) is 3.59. The Bertz CT molecular complexity index is 862. The number of amides is 1. The molecule has 2 heterocycles. The van der Waals surface area contributed by atoms with Gasteiger partial charge in [0.05, 0.1) is 38.4 Å². The van der Waals surface area contributed by atoms with Gasteiger partial charge in [-0.25, -0.2) is 0 Å². The minimum absolute atomic E-state index is 0.0108. The number of benzene rings is 2. The van der Waals surface area contributed by atoms with E-state index in [2.05, 4.69) is 5.32 Å². The van der Waals surface area contributed by atoms with Gasteiger partial charge in [-0.2, -0.15) is 0 Å². The standard InChI is InChI=1S/C22H24ClNO4/c1-13(2)28-20-9-18-16(7-19(20)27-12-14-10-26-11-14)8-21(25)24-22(18)15-3-5-17(23)6-4-15/h3-7,9,13-14,22H,8,10-12H2,1-2H3,(H,24,25). The van der Waals surface area contributed by atoms with Gasteiger partial charge in [-0.1, -0.05) is 23.7 Å². The summed E-state index contributed by atoms with van der Waals surface area (Å²) in [6, 6.07) is 11.3. The number of halogens is 1. The zero-order valence-corrected chi connectivity index (χ0v) is 16.8. The van der Waals surface area contributed by atoms with Crippen LogP contribution in [0.2, 0.25) is 5.02 Å². The molecular weight excluding hydrogens is 378 g/mol. The summed E-state index contributed by atoms with van der Waals surface area (Å²) in [4.78, 5) is 12.3. The minimum atomic E-state index is -0.239. The third-order valence-electron chi connectivity index (χ3n) is 4.92. The van der Waals surface area contributed by atoms with Gasteiger partial charge in [0.1, 0.15) is 0 Å². The van der Waals surface area contributed by atoms with Gasteiger partial charge < -0.3 is 19.5 Å². The van der Waals surface area contributed by atoms with Crippen molar-refractivity contribution in [3.63, 3.8) is 0 Å². The Morgan fingerprint density at radius 1 is 1.18 bits per heavy atom. The predicted molar refractivity (Wildman–Crippen MR) is 107 cm³/mol. The van der Waals surface area contributed by atoms with Crippen molar-refractivity contribution in [3.8, 4) is 11.5 Å². The molecule has 2 aliphatic heterocycles. The topological polar surface area (TPSA) is 56.8 Å². The van der Waals surface area contributed by atoms with Crippen LogP contribution in [-0.2, 0) is 16.0 Å². The van der Waals surface area contributed by atoms with E-state index >= 15 is 0 Å². The maximum atomic E-state index is 12.3. The van der Waals surface area contributed by atoms with E-state index in [4.69, 9.17) is 25.8 Å². The molecule has 2 aliphatic rings. The van der Waals surface area contributed by atoms with Gasteiger partial charge in [0, 0.05) is 10.9 Å². The van der Waals surface area contributed by atoms with Crippen LogP contribution in [0.15, 0.2) is 36.4 Å². The molecule has 2 aromatic rings. The van der Waals surface area contributed by atoms with Crippen molar-refractivity contribution >= 4 is 17.5 Å². The molecule has 5 nitrogen and oxygen atoms in total. The molecular formula is C22H24ClNO4. The van der Waals surface area contributed by atoms with Gasteiger partial charge in [-0.3, -0.25) is 4.79 Å². The van der Waals surface area contributed by atoms with Crippen molar-refractivity contribution < 1.29 is 19.0 Å². The minimum Gasteiger partial charge on any atom is -0.489 e. The highest BCUT2D eigenvalue weighted by Crippen LogP contribution is 2.39. The second-order valence-corrected chi connectivity index (χ2v) is 8.04. The molecule has 1 fully saturated rings. The van der Waals surface area contributed by atoms with Crippen molar-refractivity contribution in [1.29, 1.82) is 0 Å². The van der Waals surface area contributed by atoms with Crippen LogP contribution in [0.1, 0.15) is 36.6 Å². The van der Waals surface area contributed by atoms with Gasteiger partial charge >= 0.3 is 0 Å². The number of fused-ring (bicyclic) bond motifs is 1. The van der Waals surface area contributed by atoms with Crippen LogP contribution < -0.4 is 14.8 Å². The molecule has 0 spiro atoms. The van der Waals surface area contributed by atoms with Gasteiger partial charge in [0.25, 0.3) is 0 Å². The number of carbonyl (C=O) groups excluding carboxylic acids is 1. The van der Waals surface area contributed by atoms with Crippen molar-refractivity contribution in [2.75, 3.05) is 19.8 Å². The highest BCUT2D eigenvalue weighted by molar-refractivity contribution is 6.30. The van der Waals surface area contributed by atoms with Crippen molar-refractivity contribution in [2.45, 2.75) is 32.4 Å². The molecule has 0 radical (unpaired) electrons. The Balaban J connectivity index is 1.70. The molecule has 0 aliphatic carbocycles. The maximum Gasteiger partial charge on any atom is 0.225 e. The lowest BCUT2D eigenvalue weighted by atomic mass is 9.89. The first-order chi connectivity index (χ1) is 13.5. The Kier molecular flexibility index (Phi) is 5.47. The van der Waals surface area contributed by atoms with Crippen LogP contribution in [0.25, 0.3) is 0 Å². The van der Waals surface area contributed by atoms with E-state index in [9.17, 15) is 4.79 Å². The molecule has 4 rings (SSSR count). The van der Waals surface area contributed by atoms with E-state index in [-0.39, 0.29) is 18.1 Å². The van der Waals surface area contributed by atoms with Crippen LogP contribution in [0.5, 0.6) is 11.5 Å². The summed E-state index contributed by atoms with van der Waals surface area (Å²) >= 11 is 6.03. The van der Waals surface area contributed by atoms with Gasteiger partial charge in [-0.05, 0) is 54.8 Å². The summed E-state index contributed by atoms with van der Waals surface area (Å²) in [6.07, 6.45) is 0.337. The lowest BCUT2D eigenvalue weighted by molar-refractivity contribution is -0.121. The zero-order valence-electron chi connectivity index (χ0n) is 16.0. The summed E-state index contributed by atoms with van der Waals surface area (Å²) in [5.41, 5.74) is 2.96. The van der Waals surface area contributed by atoms with Crippen LogP contribution in [0, 0.1) is 5.92 Å². The van der Waals surface area contributed by atoms with E-state index in [1.54, 1.807) is 0 Å². The van der Waals surface area contributed by atoms with E-state index in [1.165, 1.54) is 0 Å². The molecule has 0 bridgehead atoms. The number of rotatable bonds is 6. The third-order valence-corrected chi connectivity index (χ3v) is 5.17. The van der Waals surface area contributed by atoms with E-state index in [0.29, 0.717) is 35.5 Å². The fraction of sp³-hybridized carbons (Fsp3) is 0.409. The van der Waals surface area contributed by atoms with Crippen LogP contribution in [-0.4, -0.2) is 31.8 Å². The van der Waals surface area contributed by atoms with Gasteiger partial charge in [-0.15, -0.1) is 0 Å². The molecule has 1 saturated heterocycles. The van der Waals surface area contributed by atoms with Crippen LogP contribution >= 0.6 is 11.6 Å². The highest BCUT2D eigenvalue weighted by atomic mass is 35.5. The SMILES string of the molecule is CC(C)Oc1cc2c(cc1OCC1COC1)CC(=O)NC2c1ccc(Cl)cc1. The summed E-state index contributed by atoms with van der Waals surface area (Å²) in [5, 5.41) is 3.75. The smallest absolute Gasteiger partial charge is 0.225 e. The number of nitrogens with one attached hydrogen (secondary N) is 1. The normalized spacial score (nSPS) is 19.0. The maximum absolute atomic E-state index is 12.3. The number of hydrogen-bond donors (Lipinski definition) is 1. The van der Waals surface area contributed by atoms with Crippen molar-refractivity contribution in [3.05, 3.63) is 58.1 Å². The van der Waals surface area contributed by atoms with Crippen LogP contribution in [0.4, 0.5) is 0 Å². The molecule has 28 heavy (non-hydrogen) atoms. The van der Waals surface area contributed by atoms with E-state index in [1.807, 2.05) is 50.2 Å². The average molecular weight is 402 g/mol. The molecule has 148 valence electrons. The Morgan fingerprint density at radius 2 is 1.93 bits per heavy atom. The average Bonchev–Trinajstić information content (AvgIpc) is 2.60. The van der Waals surface area contributed by atoms with E-state index < -0.39 is 0 Å². The quantitative estimate of drug-likeness (QED) is 0.797. The summed E-state index contributed by atoms with van der Waals surface area (Å²) < 4.78 is 17.3. The lowest BCUT2D eigenvalue weighted by Gasteiger charge is -2.30. The number of ether oxygens (including phenoxy) is 3. The van der Waals surface area contributed by atoms with E-state index in [0.717, 1.165) is 29.9 Å². The molecule has 6 heteroatoms. The summed E-state index contributed by atoms with van der Waals surface area (Å²) in [6.45, 7) is 6.02. The first-order valence-corrected chi connectivity index (χ1v) is 9.96. The molecule has 1 atom stereocenters. The Morgan fingerprint density at radius 3 is 2.57 bits per heavy atom. The molecule has 1 N–H and O–H groups in total. The number of hydrogen-bond acceptors (Lipinski definition) is 4. The van der Waals surface area contributed by atoms with Gasteiger partial charge in [0.15, 0.2) is 11.5 Å². The lowest BCUT2D eigenvalue weighted by Crippen LogP contribution is -2.36. The van der Waals surface area contributed by atoms with Crippen molar-refractivity contribution in [2.24, 2.45) is 5.92 Å². The second-order valence-electron chi connectivity index (χ2n) is 7.61. The highest BCUT2D eigenvalue weighted by Gasteiger charge is 2.29. The monoisotopic (exact) mass is 401 g/mol. The molecule has 1 amide bonds. The molecule has 0 aromatic heterocycles. The first-order valence-electron chi connectivity index (χ1n) is 9.58. The Labute approximate surface area is 169 Å². The second kappa shape index (κ2) is 8.02. The van der Waals surface area contributed by atoms with Crippen LogP contribution in [0.3, 0.4) is 0 Å². The third kappa shape index (κ3) is 4.10. The fourth-order valence-electron chi connectivity index (χ4n) is 3.47. The summed E-state index contributed by atoms with van der Waals surface area (Å²) in [5.74, 6) is 1.78. The molecule has 2 aromatic carbocycles. The first kappa shape index (κ1) is 19.1. The predicted octanol–water partition coefficient (Wildman–Crippen LogP) is 3.91. The largest absolute Gasteiger partial charge is 0.489 e. The zero-order chi connectivity index (χ0) is 19.7. The van der Waals surface area contributed by atoms with Crippen molar-refractivity contribution in [1.82, 2.24) is 5.32 Å². The Hall–Kier alpha value is -2.24. The number of carbonyl (C=O) groups is 1. The molecule has 0 saturated carbocycles. The molecule has 1 unspecified atom stereocenters. The summed E-state index contributed by atoms with van der Waals surface area (Å²) in [7, 11) is 0. The van der Waals surface area contributed by atoms with Gasteiger partial charge in [0.2, 0.25) is 5.91 Å².